The zero-order valence-electron chi connectivity index (χ0n) is 14.4. The predicted molar refractivity (Wildman–Crippen MR) is 97.1 cm³/mol. The van der Waals surface area contributed by atoms with Crippen molar-refractivity contribution in [2.45, 2.75) is 44.7 Å². The number of piperidine rings is 1. The van der Waals surface area contributed by atoms with E-state index in [1.807, 2.05) is 25.2 Å². The van der Waals surface area contributed by atoms with Crippen LogP contribution in [0.2, 0.25) is 5.02 Å². The van der Waals surface area contributed by atoms with Crippen molar-refractivity contribution in [3.63, 3.8) is 0 Å². The van der Waals surface area contributed by atoms with Crippen LogP contribution < -0.4 is 5.32 Å². The van der Waals surface area contributed by atoms with Crippen LogP contribution >= 0.6 is 11.6 Å². The van der Waals surface area contributed by atoms with E-state index in [1.54, 1.807) is 4.68 Å². The zero-order valence-corrected chi connectivity index (χ0v) is 15.1. The minimum Gasteiger partial charge on any atom is -0.350 e. The van der Waals surface area contributed by atoms with Gasteiger partial charge in [0.05, 0.1) is 22.8 Å². The molecule has 2 aromatic rings. The fourth-order valence-corrected chi connectivity index (χ4v) is 3.83. The summed E-state index contributed by atoms with van der Waals surface area (Å²) in [5.41, 5.74) is 1.80. The van der Waals surface area contributed by atoms with Crippen LogP contribution in [0.5, 0.6) is 0 Å². The van der Waals surface area contributed by atoms with Crippen molar-refractivity contribution in [1.82, 2.24) is 20.0 Å². The third-order valence-electron chi connectivity index (χ3n) is 4.98. The van der Waals surface area contributed by atoms with Gasteiger partial charge in [0.1, 0.15) is 0 Å². The topological polar surface area (TPSA) is 50.2 Å². The molecule has 3 rings (SSSR count). The molecule has 2 heterocycles. The number of carbonyl (C=O) groups excluding carboxylic acids is 1. The van der Waals surface area contributed by atoms with E-state index in [1.165, 1.54) is 19.3 Å². The molecule has 1 aromatic heterocycles. The highest BCUT2D eigenvalue weighted by molar-refractivity contribution is 6.35. The van der Waals surface area contributed by atoms with Gasteiger partial charge in [-0.2, -0.15) is 5.10 Å². The molecule has 1 atom stereocenters. The number of halogens is 1. The molecule has 6 heteroatoms. The van der Waals surface area contributed by atoms with E-state index in [4.69, 9.17) is 11.6 Å². The van der Waals surface area contributed by atoms with Crippen LogP contribution in [0.25, 0.3) is 10.9 Å². The number of benzene rings is 1. The molecule has 0 radical (unpaired) electrons. The monoisotopic (exact) mass is 348 g/mol. The van der Waals surface area contributed by atoms with Crippen molar-refractivity contribution in [2.24, 2.45) is 7.05 Å². The molecule has 5 nitrogen and oxygen atoms in total. The normalized spacial score (nSPS) is 18.9. The summed E-state index contributed by atoms with van der Waals surface area (Å²) in [5.74, 6) is 0.0832. The van der Waals surface area contributed by atoms with Crippen LogP contribution in [0.3, 0.4) is 0 Å². The fourth-order valence-electron chi connectivity index (χ4n) is 3.55. The number of fused-ring (bicyclic) bond motifs is 1. The number of amides is 1. The first kappa shape index (κ1) is 17.2. The standard InChI is InChI=1S/C18H25ClN4O/c1-22-11-4-3-6-13(22)9-10-17(24)20-12-15-18-14(19)7-5-8-16(18)23(2)21-15/h5,7-8,13H,3-4,6,9-12H2,1-2H3,(H,20,24)/t13-/m1/s1. The quantitative estimate of drug-likeness (QED) is 0.903. The van der Waals surface area contributed by atoms with Gasteiger partial charge in [-0.1, -0.05) is 24.1 Å². The van der Waals surface area contributed by atoms with Gasteiger partial charge in [-0.05, 0) is 45.0 Å². The molecule has 130 valence electrons. The maximum atomic E-state index is 12.2. The second kappa shape index (κ2) is 7.53. The van der Waals surface area contributed by atoms with Crippen molar-refractivity contribution in [3.05, 3.63) is 28.9 Å². The molecule has 0 aliphatic carbocycles. The molecule has 1 aliphatic rings. The van der Waals surface area contributed by atoms with Gasteiger partial charge >= 0.3 is 0 Å². The first-order valence-corrected chi connectivity index (χ1v) is 9.01. The predicted octanol–water partition coefficient (Wildman–Crippen LogP) is 3.11. The number of rotatable bonds is 5. The Morgan fingerprint density at radius 1 is 1.38 bits per heavy atom. The minimum absolute atomic E-state index is 0.0832. The number of nitrogens with zero attached hydrogens (tertiary/aromatic N) is 3. The van der Waals surface area contributed by atoms with Gasteiger partial charge in [0.25, 0.3) is 0 Å². The highest BCUT2D eigenvalue weighted by atomic mass is 35.5. The number of hydrogen-bond donors (Lipinski definition) is 1. The molecule has 0 saturated carbocycles. The van der Waals surface area contributed by atoms with Gasteiger partial charge in [0.2, 0.25) is 5.91 Å². The third-order valence-corrected chi connectivity index (χ3v) is 5.29. The summed E-state index contributed by atoms with van der Waals surface area (Å²) in [5, 5.41) is 9.09. The second-order valence-corrected chi connectivity index (χ2v) is 7.06. The van der Waals surface area contributed by atoms with Crippen molar-refractivity contribution >= 4 is 28.4 Å². The second-order valence-electron chi connectivity index (χ2n) is 6.65. The van der Waals surface area contributed by atoms with Gasteiger partial charge < -0.3 is 10.2 Å². The largest absolute Gasteiger partial charge is 0.350 e. The van der Waals surface area contributed by atoms with Gasteiger partial charge in [-0.25, -0.2) is 0 Å². The Morgan fingerprint density at radius 3 is 3.00 bits per heavy atom. The van der Waals surface area contributed by atoms with Crippen molar-refractivity contribution in [3.8, 4) is 0 Å². The summed E-state index contributed by atoms with van der Waals surface area (Å²) in [4.78, 5) is 14.6. The van der Waals surface area contributed by atoms with E-state index in [9.17, 15) is 4.79 Å². The lowest BCUT2D eigenvalue weighted by atomic mass is 9.98. The summed E-state index contributed by atoms with van der Waals surface area (Å²) < 4.78 is 1.81. The molecular formula is C18H25ClN4O. The first-order chi connectivity index (χ1) is 11.6. The first-order valence-electron chi connectivity index (χ1n) is 8.63. The minimum atomic E-state index is 0.0832. The van der Waals surface area contributed by atoms with Gasteiger partial charge in [0, 0.05) is 24.9 Å². The highest BCUT2D eigenvalue weighted by Crippen LogP contribution is 2.26. The maximum Gasteiger partial charge on any atom is 0.220 e. The Hall–Kier alpha value is -1.59. The lowest BCUT2D eigenvalue weighted by Gasteiger charge is -2.32. The Labute approximate surface area is 148 Å². The smallest absolute Gasteiger partial charge is 0.220 e. The molecule has 0 spiro atoms. The number of carbonyl (C=O) groups is 1. The molecule has 1 aromatic carbocycles. The fraction of sp³-hybridized carbons (Fsp3) is 0.556. The summed E-state index contributed by atoms with van der Waals surface area (Å²) in [7, 11) is 4.05. The number of aromatic nitrogens is 2. The zero-order chi connectivity index (χ0) is 17.1. The Kier molecular flexibility index (Phi) is 5.41. The molecule has 0 unspecified atom stereocenters. The Morgan fingerprint density at radius 2 is 2.21 bits per heavy atom. The number of likely N-dealkylation sites (tertiary alicyclic amines) is 1. The van der Waals surface area contributed by atoms with Crippen LogP contribution in [-0.2, 0) is 18.4 Å². The Bertz CT molecular complexity index is 727. The van der Waals surface area contributed by atoms with Crippen LogP contribution in [-0.4, -0.2) is 40.2 Å². The van der Waals surface area contributed by atoms with E-state index in [0.717, 1.165) is 29.6 Å². The van der Waals surface area contributed by atoms with Gasteiger partial charge in [0.15, 0.2) is 0 Å². The summed E-state index contributed by atoms with van der Waals surface area (Å²) in [6.45, 7) is 1.56. The SMILES string of the molecule is CN1CCCC[C@@H]1CCC(=O)NCc1nn(C)c2cccc(Cl)c12. The van der Waals surface area contributed by atoms with E-state index < -0.39 is 0 Å². The van der Waals surface area contributed by atoms with Gasteiger partial charge in [-0.15, -0.1) is 0 Å². The highest BCUT2D eigenvalue weighted by Gasteiger charge is 2.20. The molecule has 1 saturated heterocycles. The molecule has 1 aliphatic heterocycles. The van der Waals surface area contributed by atoms with E-state index in [-0.39, 0.29) is 5.91 Å². The maximum absolute atomic E-state index is 12.2. The number of aryl methyl sites for hydroxylation is 1. The average molecular weight is 349 g/mol. The summed E-state index contributed by atoms with van der Waals surface area (Å²) in [6.07, 6.45) is 5.23. The van der Waals surface area contributed by atoms with E-state index in [0.29, 0.717) is 24.0 Å². The molecule has 24 heavy (non-hydrogen) atoms. The van der Waals surface area contributed by atoms with Crippen molar-refractivity contribution in [2.75, 3.05) is 13.6 Å². The van der Waals surface area contributed by atoms with Crippen molar-refractivity contribution in [1.29, 1.82) is 0 Å². The van der Waals surface area contributed by atoms with E-state index in [2.05, 4.69) is 22.4 Å². The molecule has 1 amide bonds. The molecule has 1 N–H and O–H groups in total. The number of hydrogen-bond acceptors (Lipinski definition) is 3. The summed E-state index contributed by atoms with van der Waals surface area (Å²) in [6, 6.07) is 6.29. The average Bonchev–Trinajstić information content (AvgIpc) is 2.90. The summed E-state index contributed by atoms with van der Waals surface area (Å²) >= 11 is 6.30. The van der Waals surface area contributed by atoms with Gasteiger partial charge in [-0.3, -0.25) is 9.48 Å². The van der Waals surface area contributed by atoms with E-state index >= 15 is 0 Å². The lowest BCUT2D eigenvalue weighted by Crippen LogP contribution is -2.37. The third kappa shape index (κ3) is 3.73. The lowest BCUT2D eigenvalue weighted by molar-refractivity contribution is -0.121. The Balaban J connectivity index is 1.57. The van der Waals surface area contributed by atoms with Crippen LogP contribution in [0.1, 0.15) is 37.8 Å². The molecule has 1 fully saturated rings. The van der Waals surface area contributed by atoms with Crippen LogP contribution in [0.4, 0.5) is 0 Å². The van der Waals surface area contributed by atoms with Crippen LogP contribution in [0.15, 0.2) is 18.2 Å². The molecular weight excluding hydrogens is 324 g/mol. The van der Waals surface area contributed by atoms with Crippen LogP contribution in [0, 0.1) is 0 Å². The van der Waals surface area contributed by atoms with Crippen molar-refractivity contribution < 1.29 is 4.79 Å². The molecule has 0 bridgehead atoms. The number of nitrogens with one attached hydrogen (secondary N) is 1.